The van der Waals surface area contributed by atoms with Crippen LogP contribution in [-0.2, 0) is 0 Å². The number of pyridine rings is 1. The Balaban J connectivity index is 2.23. The van der Waals surface area contributed by atoms with Crippen molar-refractivity contribution in [1.82, 2.24) is 9.55 Å². The zero-order valence-corrected chi connectivity index (χ0v) is 13.8. The molecule has 1 N–H and O–H groups in total. The van der Waals surface area contributed by atoms with E-state index in [1.165, 1.54) is 10.8 Å². The van der Waals surface area contributed by atoms with E-state index in [9.17, 15) is 0 Å². The zero-order valence-electron chi connectivity index (χ0n) is 13.8. The molecule has 0 fully saturated rings. The van der Waals surface area contributed by atoms with Gasteiger partial charge in [0.1, 0.15) is 0 Å². The van der Waals surface area contributed by atoms with Crippen LogP contribution in [0.1, 0.15) is 12.5 Å². The Labute approximate surface area is 136 Å². The molecule has 2 aromatic heterocycles. The van der Waals surface area contributed by atoms with Crippen molar-refractivity contribution in [1.29, 1.82) is 0 Å². The van der Waals surface area contributed by atoms with E-state index >= 15 is 0 Å². The smallest absolute Gasteiger partial charge is 0.0712 e. The molecule has 1 aromatic carbocycles. The second-order valence-corrected chi connectivity index (χ2v) is 5.55. The first-order valence-electron chi connectivity index (χ1n) is 7.71. The molecule has 0 atom stereocenters. The molecule has 3 rings (SSSR count). The van der Waals surface area contributed by atoms with Crippen LogP contribution in [-0.4, -0.2) is 16.6 Å². The molecule has 0 saturated carbocycles. The van der Waals surface area contributed by atoms with Crippen molar-refractivity contribution in [2.45, 2.75) is 13.8 Å². The summed E-state index contributed by atoms with van der Waals surface area (Å²) in [5, 5.41) is 6.82. The second-order valence-electron chi connectivity index (χ2n) is 5.55. The van der Waals surface area contributed by atoms with Crippen molar-refractivity contribution in [3.8, 4) is 0 Å². The SMILES string of the molecule is C=C(/C=c1/c(NC)c(C)cc/c1=C/C)n1ccc2ccncc21. The summed E-state index contributed by atoms with van der Waals surface area (Å²) in [5.74, 6) is 0. The van der Waals surface area contributed by atoms with E-state index in [1.54, 1.807) is 0 Å². The fourth-order valence-electron chi connectivity index (χ4n) is 2.94. The Hall–Kier alpha value is -2.81. The van der Waals surface area contributed by atoms with Crippen LogP contribution in [0.15, 0.2) is 49.4 Å². The van der Waals surface area contributed by atoms with E-state index in [2.05, 4.69) is 65.6 Å². The van der Waals surface area contributed by atoms with Crippen molar-refractivity contribution in [2.75, 3.05) is 12.4 Å². The largest absolute Gasteiger partial charge is 0.387 e. The van der Waals surface area contributed by atoms with Crippen molar-refractivity contribution >= 4 is 34.4 Å². The lowest BCUT2D eigenvalue weighted by Crippen LogP contribution is -2.28. The minimum Gasteiger partial charge on any atom is -0.387 e. The molecule has 2 heterocycles. The maximum Gasteiger partial charge on any atom is 0.0712 e. The van der Waals surface area contributed by atoms with Gasteiger partial charge in [0.25, 0.3) is 0 Å². The van der Waals surface area contributed by atoms with Crippen LogP contribution < -0.4 is 15.8 Å². The highest BCUT2D eigenvalue weighted by Crippen LogP contribution is 2.18. The van der Waals surface area contributed by atoms with Crippen LogP contribution in [0.5, 0.6) is 0 Å². The molecule has 3 aromatic rings. The van der Waals surface area contributed by atoms with E-state index in [4.69, 9.17) is 0 Å². The number of aryl methyl sites for hydroxylation is 1. The van der Waals surface area contributed by atoms with Crippen molar-refractivity contribution in [3.05, 3.63) is 65.4 Å². The standard InChI is InChI=1S/C20H21N3/c1-5-16-7-6-14(2)20(21-4)18(16)12-15(3)23-11-9-17-8-10-22-13-19(17)23/h5-13,21H,3H2,1-2,4H3/b16-5-,18-12+. The topological polar surface area (TPSA) is 29.9 Å². The van der Waals surface area contributed by atoms with Crippen LogP contribution in [0.2, 0.25) is 0 Å². The summed E-state index contributed by atoms with van der Waals surface area (Å²) in [5.41, 5.74) is 4.33. The van der Waals surface area contributed by atoms with Crippen molar-refractivity contribution in [3.63, 3.8) is 0 Å². The summed E-state index contributed by atoms with van der Waals surface area (Å²) >= 11 is 0. The number of aromatic nitrogens is 2. The predicted molar refractivity (Wildman–Crippen MR) is 99.6 cm³/mol. The number of hydrogen-bond acceptors (Lipinski definition) is 2. The van der Waals surface area contributed by atoms with Crippen LogP contribution in [0.4, 0.5) is 5.69 Å². The van der Waals surface area contributed by atoms with Gasteiger partial charge in [-0.1, -0.05) is 24.8 Å². The quantitative estimate of drug-likeness (QED) is 0.805. The Kier molecular flexibility index (Phi) is 4.02. The summed E-state index contributed by atoms with van der Waals surface area (Å²) in [6.07, 6.45) is 9.96. The van der Waals surface area contributed by atoms with Crippen molar-refractivity contribution < 1.29 is 0 Å². The van der Waals surface area contributed by atoms with Gasteiger partial charge in [0.15, 0.2) is 0 Å². The lowest BCUT2D eigenvalue weighted by Gasteiger charge is -2.09. The average molecular weight is 303 g/mol. The number of allylic oxidation sites excluding steroid dienone is 1. The highest BCUT2D eigenvalue weighted by molar-refractivity contribution is 5.88. The number of rotatable bonds is 3. The minimum atomic E-state index is 0.915. The molecule has 0 spiro atoms. The number of hydrogen-bond donors (Lipinski definition) is 1. The van der Waals surface area contributed by atoms with E-state index in [0.717, 1.165) is 27.5 Å². The first kappa shape index (κ1) is 15.1. The maximum absolute atomic E-state index is 4.26. The lowest BCUT2D eigenvalue weighted by atomic mass is 10.1. The molecule has 0 aliphatic rings. The highest BCUT2D eigenvalue weighted by Gasteiger charge is 2.04. The predicted octanol–water partition coefficient (Wildman–Crippen LogP) is 3.14. The van der Waals surface area contributed by atoms with E-state index in [0.29, 0.717) is 0 Å². The molecule has 3 nitrogen and oxygen atoms in total. The summed E-state index contributed by atoms with van der Waals surface area (Å²) < 4.78 is 2.07. The summed E-state index contributed by atoms with van der Waals surface area (Å²) in [6, 6.07) is 8.37. The Bertz CT molecular complexity index is 993. The molecule has 23 heavy (non-hydrogen) atoms. The van der Waals surface area contributed by atoms with E-state index in [-0.39, 0.29) is 0 Å². The number of nitrogens with one attached hydrogen (secondary N) is 1. The fraction of sp³-hybridized carbons (Fsp3) is 0.150. The second kappa shape index (κ2) is 6.13. The van der Waals surface area contributed by atoms with Crippen LogP contribution in [0.3, 0.4) is 0 Å². The molecule has 0 unspecified atom stereocenters. The van der Waals surface area contributed by atoms with Gasteiger partial charge in [-0.2, -0.15) is 0 Å². The molecule has 116 valence electrons. The van der Waals surface area contributed by atoms with Crippen LogP contribution >= 0.6 is 0 Å². The Morgan fingerprint density at radius 1 is 1.26 bits per heavy atom. The molecular weight excluding hydrogens is 282 g/mol. The monoisotopic (exact) mass is 303 g/mol. The summed E-state index contributed by atoms with van der Waals surface area (Å²) in [6.45, 7) is 8.43. The third kappa shape index (κ3) is 2.66. The highest BCUT2D eigenvalue weighted by atomic mass is 15.0. The summed E-state index contributed by atoms with van der Waals surface area (Å²) in [7, 11) is 1.96. The first-order valence-corrected chi connectivity index (χ1v) is 7.71. The van der Waals surface area contributed by atoms with Gasteiger partial charge in [0, 0.05) is 41.4 Å². The molecular formula is C20H21N3. The van der Waals surface area contributed by atoms with Crippen LogP contribution in [0.25, 0.3) is 28.8 Å². The fourth-order valence-corrected chi connectivity index (χ4v) is 2.94. The van der Waals surface area contributed by atoms with Gasteiger partial charge >= 0.3 is 0 Å². The zero-order chi connectivity index (χ0) is 16.4. The number of nitrogens with zero attached hydrogens (tertiary/aromatic N) is 2. The summed E-state index contributed by atoms with van der Waals surface area (Å²) in [4.78, 5) is 4.22. The van der Waals surface area contributed by atoms with Gasteiger partial charge in [0.05, 0.1) is 11.7 Å². The number of benzene rings is 1. The molecule has 0 aliphatic heterocycles. The minimum absolute atomic E-state index is 0.915. The van der Waals surface area contributed by atoms with E-state index < -0.39 is 0 Å². The molecule has 0 aliphatic carbocycles. The van der Waals surface area contributed by atoms with Crippen molar-refractivity contribution in [2.24, 2.45) is 0 Å². The van der Waals surface area contributed by atoms with Gasteiger partial charge in [0.2, 0.25) is 0 Å². The molecule has 3 heteroatoms. The number of fused-ring (bicyclic) bond motifs is 1. The Morgan fingerprint density at radius 3 is 2.83 bits per heavy atom. The van der Waals surface area contributed by atoms with Gasteiger partial charge in [-0.25, -0.2) is 0 Å². The van der Waals surface area contributed by atoms with Gasteiger partial charge < -0.3 is 9.88 Å². The third-order valence-electron chi connectivity index (χ3n) is 4.16. The molecule has 0 bridgehead atoms. The first-order chi connectivity index (χ1) is 11.2. The van der Waals surface area contributed by atoms with Gasteiger partial charge in [-0.3, -0.25) is 4.98 Å². The number of anilines is 1. The van der Waals surface area contributed by atoms with Gasteiger partial charge in [-0.15, -0.1) is 0 Å². The lowest BCUT2D eigenvalue weighted by molar-refractivity contribution is 1.18. The molecule has 0 amide bonds. The molecule has 0 saturated heterocycles. The van der Waals surface area contributed by atoms with E-state index in [1.807, 2.05) is 31.7 Å². The average Bonchev–Trinajstić information content (AvgIpc) is 2.99. The maximum atomic E-state index is 4.26. The van der Waals surface area contributed by atoms with Crippen LogP contribution in [0, 0.1) is 6.92 Å². The molecule has 0 radical (unpaired) electrons. The van der Waals surface area contributed by atoms with Gasteiger partial charge in [-0.05, 0) is 42.8 Å². The Morgan fingerprint density at radius 2 is 2.09 bits per heavy atom. The normalized spacial score (nSPS) is 12.8. The third-order valence-corrected chi connectivity index (χ3v) is 4.16.